The largest absolute Gasteiger partial charge is 0.494 e. The maximum atomic E-state index is 12.1. The van der Waals surface area contributed by atoms with Gasteiger partial charge in [0.15, 0.2) is 5.70 Å². The SMILES string of the molecule is CCCOc1ccc(/C=C2\N=C(c3ccc(C(C)C)cc3)OC2=O)cc1. The molecule has 4 nitrogen and oxygen atoms in total. The standard InChI is InChI=1S/C22H23NO3/c1-4-13-25-19-11-5-16(6-12-19)14-20-22(24)26-21(23-20)18-9-7-17(8-10-18)15(2)3/h5-12,14-15H,4,13H2,1-3H3/b20-14-. The summed E-state index contributed by atoms with van der Waals surface area (Å²) >= 11 is 0. The molecule has 0 radical (unpaired) electrons. The van der Waals surface area contributed by atoms with Crippen molar-refractivity contribution < 1.29 is 14.3 Å². The fraction of sp³-hybridized carbons (Fsp3) is 0.273. The van der Waals surface area contributed by atoms with E-state index in [1.54, 1.807) is 6.08 Å². The van der Waals surface area contributed by atoms with Crippen molar-refractivity contribution in [2.45, 2.75) is 33.1 Å². The van der Waals surface area contributed by atoms with Gasteiger partial charge < -0.3 is 9.47 Å². The molecule has 134 valence electrons. The molecule has 1 aliphatic rings. The van der Waals surface area contributed by atoms with Crippen molar-refractivity contribution in [1.29, 1.82) is 0 Å². The molecule has 4 heteroatoms. The van der Waals surface area contributed by atoms with Gasteiger partial charge >= 0.3 is 5.97 Å². The highest BCUT2D eigenvalue weighted by Crippen LogP contribution is 2.22. The van der Waals surface area contributed by atoms with Gasteiger partial charge in [-0.15, -0.1) is 0 Å². The Morgan fingerprint density at radius 3 is 2.38 bits per heavy atom. The van der Waals surface area contributed by atoms with Crippen LogP contribution in [0.25, 0.3) is 6.08 Å². The molecule has 0 spiro atoms. The molecule has 3 rings (SSSR count). The van der Waals surface area contributed by atoms with E-state index in [2.05, 4.69) is 25.8 Å². The van der Waals surface area contributed by atoms with Gasteiger partial charge in [0.05, 0.1) is 6.61 Å². The van der Waals surface area contributed by atoms with Crippen molar-refractivity contribution in [1.82, 2.24) is 0 Å². The Labute approximate surface area is 154 Å². The number of hydrogen-bond acceptors (Lipinski definition) is 4. The van der Waals surface area contributed by atoms with Crippen LogP contribution in [0.4, 0.5) is 0 Å². The zero-order valence-corrected chi connectivity index (χ0v) is 15.4. The summed E-state index contributed by atoms with van der Waals surface area (Å²) in [7, 11) is 0. The molecule has 0 amide bonds. The van der Waals surface area contributed by atoms with Gasteiger partial charge in [-0.05, 0) is 53.8 Å². The second kappa shape index (κ2) is 8.00. The Kier molecular flexibility index (Phi) is 5.52. The van der Waals surface area contributed by atoms with E-state index in [0.29, 0.717) is 24.1 Å². The molecule has 2 aromatic carbocycles. The lowest BCUT2D eigenvalue weighted by atomic mass is 10.0. The van der Waals surface area contributed by atoms with Gasteiger partial charge in [-0.3, -0.25) is 0 Å². The van der Waals surface area contributed by atoms with Crippen molar-refractivity contribution in [3.05, 3.63) is 70.9 Å². The van der Waals surface area contributed by atoms with Crippen LogP contribution in [0.2, 0.25) is 0 Å². The molecular weight excluding hydrogens is 326 g/mol. The van der Waals surface area contributed by atoms with E-state index in [9.17, 15) is 4.79 Å². The highest BCUT2D eigenvalue weighted by molar-refractivity contribution is 6.12. The number of carbonyl (C=O) groups is 1. The number of hydrogen-bond donors (Lipinski definition) is 0. The molecule has 26 heavy (non-hydrogen) atoms. The molecule has 1 aliphatic heterocycles. The van der Waals surface area contributed by atoms with Crippen molar-refractivity contribution in [3.63, 3.8) is 0 Å². The predicted octanol–water partition coefficient (Wildman–Crippen LogP) is 4.94. The first kappa shape index (κ1) is 17.9. The molecule has 0 fully saturated rings. The van der Waals surface area contributed by atoms with Crippen molar-refractivity contribution in [2.24, 2.45) is 4.99 Å². The quantitative estimate of drug-likeness (QED) is 0.548. The number of ether oxygens (including phenoxy) is 2. The second-order valence-corrected chi connectivity index (χ2v) is 6.53. The number of carbonyl (C=O) groups excluding carboxylic acids is 1. The number of cyclic esters (lactones) is 1. The first-order chi connectivity index (χ1) is 12.6. The van der Waals surface area contributed by atoms with Crippen LogP contribution in [-0.4, -0.2) is 18.5 Å². The number of benzene rings is 2. The number of nitrogens with zero attached hydrogens (tertiary/aromatic N) is 1. The van der Waals surface area contributed by atoms with Gasteiger partial charge in [0.2, 0.25) is 5.90 Å². The van der Waals surface area contributed by atoms with Gasteiger partial charge in [-0.2, -0.15) is 0 Å². The number of rotatable bonds is 6. The van der Waals surface area contributed by atoms with E-state index in [4.69, 9.17) is 9.47 Å². The molecule has 0 unspecified atom stereocenters. The van der Waals surface area contributed by atoms with E-state index < -0.39 is 5.97 Å². The highest BCUT2D eigenvalue weighted by atomic mass is 16.6. The fourth-order valence-corrected chi connectivity index (χ4v) is 2.58. The van der Waals surface area contributed by atoms with Crippen LogP contribution < -0.4 is 4.74 Å². The van der Waals surface area contributed by atoms with E-state index in [1.807, 2.05) is 48.5 Å². The Hall–Kier alpha value is -2.88. The zero-order valence-electron chi connectivity index (χ0n) is 15.4. The Morgan fingerprint density at radius 1 is 1.08 bits per heavy atom. The van der Waals surface area contributed by atoms with Crippen LogP contribution in [0.5, 0.6) is 5.75 Å². The molecule has 2 aromatic rings. The molecule has 0 N–H and O–H groups in total. The summed E-state index contributed by atoms with van der Waals surface area (Å²) in [5.74, 6) is 1.19. The first-order valence-electron chi connectivity index (χ1n) is 8.92. The molecule has 0 atom stereocenters. The summed E-state index contributed by atoms with van der Waals surface area (Å²) in [5, 5.41) is 0. The smallest absolute Gasteiger partial charge is 0.363 e. The molecule has 0 aromatic heterocycles. The van der Waals surface area contributed by atoms with Crippen LogP contribution in [0.1, 0.15) is 49.8 Å². The Balaban J connectivity index is 1.77. The van der Waals surface area contributed by atoms with E-state index >= 15 is 0 Å². The monoisotopic (exact) mass is 349 g/mol. The number of aliphatic imine (C=N–C) groups is 1. The highest BCUT2D eigenvalue weighted by Gasteiger charge is 2.24. The Morgan fingerprint density at radius 2 is 1.77 bits per heavy atom. The predicted molar refractivity (Wildman–Crippen MR) is 103 cm³/mol. The van der Waals surface area contributed by atoms with Crippen LogP contribution in [0.15, 0.2) is 59.2 Å². The van der Waals surface area contributed by atoms with Crippen LogP contribution >= 0.6 is 0 Å². The lowest BCUT2D eigenvalue weighted by Crippen LogP contribution is -2.05. The average molecular weight is 349 g/mol. The van der Waals surface area contributed by atoms with Crippen LogP contribution in [0.3, 0.4) is 0 Å². The third-order valence-corrected chi connectivity index (χ3v) is 4.10. The van der Waals surface area contributed by atoms with Crippen molar-refractivity contribution >= 4 is 17.9 Å². The summed E-state index contributed by atoms with van der Waals surface area (Å²) in [6.45, 7) is 7.04. The van der Waals surface area contributed by atoms with E-state index in [-0.39, 0.29) is 0 Å². The van der Waals surface area contributed by atoms with Gasteiger partial charge in [-0.25, -0.2) is 9.79 Å². The topological polar surface area (TPSA) is 47.9 Å². The van der Waals surface area contributed by atoms with Crippen LogP contribution in [-0.2, 0) is 9.53 Å². The number of esters is 1. The molecule has 0 saturated heterocycles. The molecular formula is C22H23NO3. The maximum Gasteiger partial charge on any atom is 0.363 e. The molecule has 0 saturated carbocycles. The zero-order chi connectivity index (χ0) is 18.5. The maximum absolute atomic E-state index is 12.1. The third-order valence-electron chi connectivity index (χ3n) is 4.10. The first-order valence-corrected chi connectivity index (χ1v) is 8.92. The van der Waals surface area contributed by atoms with Gasteiger partial charge in [0, 0.05) is 5.56 Å². The Bertz CT molecular complexity index is 831. The van der Waals surface area contributed by atoms with Crippen molar-refractivity contribution in [3.8, 4) is 5.75 Å². The van der Waals surface area contributed by atoms with E-state index in [1.165, 1.54) is 5.56 Å². The fourth-order valence-electron chi connectivity index (χ4n) is 2.58. The molecule has 0 bridgehead atoms. The second-order valence-electron chi connectivity index (χ2n) is 6.53. The summed E-state index contributed by atoms with van der Waals surface area (Å²) in [4.78, 5) is 16.5. The minimum absolute atomic E-state index is 0.301. The van der Waals surface area contributed by atoms with Crippen molar-refractivity contribution in [2.75, 3.05) is 6.61 Å². The van der Waals surface area contributed by atoms with Gasteiger partial charge in [-0.1, -0.05) is 45.0 Å². The minimum atomic E-state index is -0.431. The van der Waals surface area contributed by atoms with E-state index in [0.717, 1.165) is 23.3 Å². The normalized spacial score (nSPS) is 15.3. The third kappa shape index (κ3) is 4.20. The lowest BCUT2D eigenvalue weighted by molar-refractivity contribution is -0.129. The average Bonchev–Trinajstić information content (AvgIpc) is 3.02. The lowest BCUT2D eigenvalue weighted by Gasteiger charge is -2.05. The summed E-state index contributed by atoms with van der Waals surface area (Å²) < 4.78 is 10.9. The summed E-state index contributed by atoms with van der Waals surface area (Å²) in [5.41, 5.74) is 3.21. The summed E-state index contributed by atoms with van der Waals surface area (Å²) in [6, 6.07) is 15.5. The molecule has 1 heterocycles. The van der Waals surface area contributed by atoms with Gasteiger partial charge in [0.25, 0.3) is 0 Å². The summed E-state index contributed by atoms with van der Waals surface area (Å²) in [6.07, 6.45) is 2.69. The molecule has 0 aliphatic carbocycles. The van der Waals surface area contributed by atoms with Crippen LogP contribution in [0, 0.1) is 0 Å². The van der Waals surface area contributed by atoms with Gasteiger partial charge in [0.1, 0.15) is 5.75 Å². The minimum Gasteiger partial charge on any atom is -0.494 e.